The Bertz CT molecular complexity index is 631. The van der Waals surface area contributed by atoms with Gasteiger partial charge in [-0.15, -0.1) is 0 Å². The number of hydrogen-bond acceptors (Lipinski definition) is 3. The Labute approximate surface area is 114 Å². The molecule has 1 atom stereocenters. The molecule has 0 aliphatic carbocycles. The third-order valence-electron chi connectivity index (χ3n) is 3.17. The van der Waals surface area contributed by atoms with Gasteiger partial charge in [0.1, 0.15) is 10.7 Å². The summed E-state index contributed by atoms with van der Waals surface area (Å²) in [4.78, 5) is 4.74. The average molecular weight is 278 g/mol. The van der Waals surface area contributed by atoms with E-state index in [9.17, 15) is 8.42 Å². The van der Waals surface area contributed by atoms with Crippen LogP contribution in [0.15, 0.2) is 40.9 Å². The summed E-state index contributed by atoms with van der Waals surface area (Å²) >= 11 is 0. The van der Waals surface area contributed by atoms with Crippen molar-refractivity contribution in [2.24, 2.45) is 4.99 Å². The molecule has 1 unspecified atom stereocenters. The number of hydrogen-bond donors (Lipinski definition) is 1. The monoisotopic (exact) mass is 278 g/mol. The van der Waals surface area contributed by atoms with Crippen molar-refractivity contribution < 1.29 is 8.42 Å². The minimum absolute atomic E-state index is 0.0998. The third-order valence-corrected chi connectivity index (χ3v) is 4.71. The van der Waals surface area contributed by atoms with Crippen molar-refractivity contribution in [3.63, 3.8) is 0 Å². The number of nitrogens with zero attached hydrogens (tertiary/aromatic N) is 1. The highest BCUT2D eigenvalue weighted by atomic mass is 32.2. The molecular formula is C14H18N2O2S. The molecule has 102 valence electrons. The number of aliphatic imine (C=N–C) groups is 1. The van der Waals surface area contributed by atoms with E-state index in [0.29, 0.717) is 21.9 Å². The van der Waals surface area contributed by atoms with Gasteiger partial charge >= 0.3 is 0 Å². The van der Waals surface area contributed by atoms with Crippen molar-refractivity contribution in [2.45, 2.75) is 33.2 Å². The number of rotatable bonds is 3. The highest BCUT2D eigenvalue weighted by Crippen LogP contribution is 2.29. The van der Waals surface area contributed by atoms with Crippen LogP contribution in [-0.4, -0.2) is 20.3 Å². The summed E-state index contributed by atoms with van der Waals surface area (Å²) in [5.74, 6) is 0.466. The Hall–Kier alpha value is -1.62. The molecule has 0 saturated heterocycles. The lowest BCUT2D eigenvalue weighted by molar-refractivity contribution is 0.603. The van der Waals surface area contributed by atoms with Gasteiger partial charge in [0, 0.05) is 11.6 Å². The standard InChI is InChI=1S/C14H18N2O2S/c1-4-10(2)15-14-11(3)13(19(17,18)16-14)12-8-6-5-7-9-12/h5-10H,4H2,1-3H3,(H,15,16). The first-order valence-corrected chi connectivity index (χ1v) is 7.81. The maximum absolute atomic E-state index is 12.2. The first-order valence-electron chi connectivity index (χ1n) is 6.33. The molecule has 0 amide bonds. The van der Waals surface area contributed by atoms with Gasteiger partial charge in [-0.05, 0) is 25.8 Å². The van der Waals surface area contributed by atoms with Crippen molar-refractivity contribution in [3.8, 4) is 0 Å². The highest BCUT2D eigenvalue weighted by Gasteiger charge is 2.32. The Balaban J connectivity index is 2.54. The zero-order valence-corrected chi connectivity index (χ0v) is 12.2. The smallest absolute Gasteiger partial charge is 0.264 e. The predicted octanol–water partition coefficient (Wildman–Crippen LogP) is 2.55. The van der Waals surface area contributed by atoms with Crippen LogP contribution in [-0.2, 0) is 10.0 Å². The minimum atomic E-state index is -3.49. The van der Waals surface area contributed by atoms with Crippen LogP contribution in [0.25, 0.3) is 4.91 Å². The zero-order valence-electron chi connectivity index (χ0n) is 11.3. The molecule has 1 aliphatic heterocycles. The molecule has 0 bridgehead atoms. The minimum Gasteiger partial charge on any atom is -0.264 e. The van der Waals surface area contributed by atoms with Crippen LogP contribution in [0.4, 0.5) is 0 Å². The molecule has 1 heterocycles. The van der Waals surface area contributed by atoms with Crippen LogP contribution in [0.1, 0.15) is 32.8 Å². The van der Waals surface area contributed by atoms with Crippen LogP contribution in [0.5, 0.6) is 0 Å². The first kappa shape index (κ1) is 13.8. The second kappa shape index (κ2) is 5.17. The molecular weight excluding hydrogens is 260 g/mol. The van der Waals surface area contributed by atoms with Gasteiger partial charge in [0.2, 0.25) is 0 Å². The predicted molar refractivity (Wildman–Crippen MR) is 78.3 cm³/mol. The number of sulfonamides is 1. The van der Waals surface area contributed by atoms with E-state index in [1.807, 2.05) is 32.0 Å². The molecule has 1 aromatic carbocycles. The quantitative estimate of drug-likeness (QED) is 0.923. The van der Waals surface area contributed by atoms with E-state index in [2.05, 4.69) is 9.71 Å². The Morgan fingerprint density at radius 2 is 1.89 bits per heavy atom. The van der Waals surface area contributed by atoms with Gasteiger partial charge in [-0.25, -0.2) is 8.42 Å². The lowest BCUT2D eigenvalue weighted by Crippen LogP contribution is -2.24. The summed E-state index contributed by atoms with van der Waals surface area (Å²) in [6.07, 6.45) is 0.874. The summed E-state index contributed by atoms with van der Waals surface area (Å²) in [5.41, 5.74) is 1.38. The van der Waals surface area contributed by atoms with E-state index in [4.69, 9.17) is 0 Å². The van der Waals surface area contributed by atoms with Gasteiger partial charge in [-0.1, -0.05) is 37.3 Å². The van der Waals surface area contributed by atoms with Crippen LogP contribution < -0.4 is 4.72 Å². The summed E-state index contributed by atoms with van der Waals surface area (Å²) in [7, 11) is -3.49. The normalized spacial score (nSPS) is 21.5. The third kappa shape index (κ3) is 2.71. The molecule has 0 fully saturated rings. The fourth-order valence-electron chi connectivity index (χ4n) is 1.96. The number of benzene rings is 1. The lowest BCUT2D eigenvalue weighted by Gasteiger charge is -2.04. The Morgan fingerprint density at radius 1 is 1.26 bits per heavy atom. The largest absolute Gasteiger partial charge is 0.264 e. The molecule has 5 heteroatoms. The number of amidine groups is 1. The van der Waals surface area contributed by atoms with Crippen LogP contribution in [0.3, 0.4) is 0 Å². The van der Waals surface area contributed by atoms with E-state index < -0.39 is 10.0 Å². The van der Waals surface area contributed by atoms with E-state index in [0.717, 1.165) is 6.42 Å². The van der Waals surface area contributed by atoms with Gasteiger partial charge < -0.3 is 0 Å². The fourth-order valence-corrected chi connectivity index (χ4v) is 3.47. The first-order chi connectivity index (χ1) is 8.95. The molecule has 2 rings (SSSR count). The van der Waals surface area contributed by atoms with Crippen LogP contribution >= 0.6 is 0 Å². The van der Waals surface area contributed by atoms with Crippen molar-refractivity contribution in [2.75, 3.05) is 0 Å². The van der Waals surface area contributed by atoms with E-state index in [-0.39, 0.29) is 6.04 Å². The molecule has 0 aromatic heterocycles. The van der Waals surface area contributed by atoms with E-state index >= 15 is 0 Å². The second-order valence-corrected chi connectivity index (χ2v) is 6.28. The highest BCUT2D eigenvalue weighted by molar-refractivity contribution is 8.00. The fraction of sp³-hybridized carbons (Fsp3) is 0.357. The molecule has 1 aromatic rings. The van der Waals surface area contributed by atoms with Crippen molar-refractivity contribution in [1.29, 1.82) is 0 Å². The Kier molecular flexibility index (Phi) is 3.75. The summed E-state index contributed by atoms with van der Waals surface area (Å²) in [6, 6.07) is 9.21. The van der Waals surface area contributed by atoms with Crippen LogP contribution in [0.2, 0.25) is 0 Å². The molecule has 4 nitrogen and oxygen atoms in total. The lowest BCUT2D eigenvalue weighted by atomic mass is 10.1. The van der Waals surface area contributed by atoms with Gasteiger partial charge in [0.25, 0.3) is 10.0 Å². The van der Waals surface area contributed by atoms with Crippen LogP contribution in [0, 0.1) is 0 Å². The molecule has 0 saturated carbocycles. The molecule has 0 radical (unpaired) electrons. The van der Waals surface area contributed by atoms with E-state index in [1.165, 1.54) is 0 Å². The summed E-state index contributed by atoms with van der Waals surface area (Å²) in [5, 5.41) is 0. The van der Waals surface area contributed by atoms with Crippen molar-refractivity contribution >= 4 is 20.8 Å². The SMILES string of the molecule is CCC(C)N=C1NS(=O)(=O)C(c2ccccc2)=C1C. The zero-order chi connectivity index (χ0) is 14.0. The topological polar surface area (TPSA) is 58.5 Å². The molecule has 0 spiro atoms. The second-order valence-electron chi connectivity index (χ2n) is 4.66. The van der Waals surface area contributed by atoms with Gasteiger partial charge in [-0.2, -0.15) is 0 Å². The van der Waals surface area contributed by atoms with Crippen molar-refractivity contribution in [1.82, 2.24) is 4.72 Å². The number of nitrogens with one attached hydrogen (secondary N) is 1. The summed E-state index contributed by atoms with van der Waals surface area (Å²) in [6.45, 7) is 5.78. The van der Waals surface area contributed by atoms with Gasteiger partial charge in [-0.3, -0.25) is 9.71 Å². The van der Waals surface area contributed by atoms with Gasteiger partial charge in [0.05, 0.1) is 0 Å². The van der Waals surface area contributed by atoms with E-state index in [1.54, 1.807) is 19.1 Å². The van der Waals surface area contributed by atoms with Gasteiger partial charge in [0.15, 0.2) is 0 Å². The molecule has 1 N–H and O–H groups in total. The Morgan fingerprint density at radius 3 is 2.47 bits per heavy atom. The molecule has 19 heavy (non-hydrogen) atoms. The van der Waals surface area contributed by atoms with Crippen molar-refractivity contribution in [3.05, 3.63) is 41.5 Å². The average Bonchev–Trinajstić information content (AvgIpc) is 2.60. The molecule has 1 aliphatic rings. The summed E-state index contributed by atoms with van der Waals surface area (Å²) < 4.78 is 26.9. The maximum Gasteiger partial charge on any atom is 0.264 e. The maximum atomic E-state index is 12.2.